The molecule has 0 saturated heterocycles. The molecule has 1 aliphatic rings. The molecule has 1 aromatic heterocycles. The Labute approximate surface area is 182 Å². The molecular weight excluding hydrogens is 402 g/mol. The fourth-order valence-corrected chi connectivity index (χ4v) is 4.12. The molecule has 160 valence electrons. The Kier molecular flexibility index (Phi) is 8.08. The molecule has 1 atom stereocenters. The van der Waals surface area contributed by atoms with Gasteiger partial charge in [0.2, 0.25) is 11.8 Å². The van der Waals surface area contributed by atoms with Crippen molar-refractivity contribution in [3.8, 4) is 5.75 Å². The Balaban J connectivity index is 1.94. The van der Waals surface area contributed by atoms with Gasteiger partial charge in [0.25, 0.3) is 0 Å². The maximum atomic E-state index is 13.4. The van der Waals surface area contributed by atoms with E-state index in [1.807, 2.05) is 24.3 Å². The summed E-state index contributed by atoms with van der Waals surface area (Å²) in [6.45, 7) is 0.209. The molecule has 0 radical (unpaired) electrons. The average Bonchev–Trinajstić information content (AvgIpc) is 2.79. The molecule has 30 heavy (non-hydrogen) atoms. The van der Waals surface area contributed by atoms with E-state index in [1.54, 1.807) is 31.6 Å². The highest BCUT2D eigenvalue weighted by atomic mass is 35.5. The first-order chi connectivity index (χ1) is 14.6. The molecule has 0 unspecified atom stereocenters. The summed E-state index contributed by atoms with van der Waals surface area (Å²) >= 11 is 5.95. The van der Waals surface area contributed by atoms with Crippen molar-refractivity contribution in [2.75, 3.05) is 13.0 Å². The smallest absolute Gasteiger partial charge is 0.247 e. The van der Waals surface area contributed by atoms with Gasteiger partial charge in [-0.3, -0.25) is 14.6 Å². The van der Waals surface area contributed by atoms with E-state index in [1.165, 1.54) is 11.3 Å². The number of halogens is 1. The summed E-state index contributed by atoms with van der Waals surface area (Å²) in [4.78, 5) is 31.9. The van der Waals surface area contributed by atoms with Crippen molar-refractivity contribution < 1.29 is 14.3 Å². The Morgan fingerprint density at radius 3 is 2.53 bits per heavy atom. The molecule has 1 saturated carbocycles. The van der Waals surface area contributed by atoms with Crippen molar-refractivity contribution in [3.05, 3.63) is 59.9 Å². The molecule has 2 aromatic rings. The van der Waals surface area contributed by atoms with Crippen molar-refractivity contribution in [2.45, 2.75) is 50.7 Å². The summed E-state index contributed by atoms with van der Waals surface area (Å²) in [6, 6.07) is 10.3. The van der Waals surface area contributed by atoms with Crippen LogP contribution in [0.4, 0.5) is 0 Å². The highest BCUT2D eigenvalue weighted by Gasteiger charge is 2.33. The number of ether oxygens (including phenoxy) is 1. The molecule has 2 amide bonds. The Bertz CT molecular complexity index is 841. The Morgan fingerprint density at radius 2 is 1.87 bits per heavy atom. The zero-order valence-electron chi connectivity index (χ0n) is 17.2. The number of benzene rings is 1. The van der Waals surface area contributed by atoms with Gasteiger partial charge in [0.05, 0.1) is 13.7 Å². The largest absolute Gasteiger partial charge is 0.496 e. The van der Waals surface area contributed by atoms with Crippen LogP contribution >= 0.6 is 11.6 Å². The van der Waals surface area contributed by atoms with Gasteiger partial charge in [0.15, 0.2) is 0 Å². The summed E-state index contributed by atoms with van der Waals surface area (Å²) < 4.78 is 5.45. The molecule has 1 aliphatic carbocycles. The topological polar surface area (TPSA) is 71.5 Å². The molecule has 1 fully saturated rings. The zero-order chi connectivity index (χ0) is 21.3. The van der Waals surface area contributed by atoms with E-state index in [0.29, 0.717) is 11.3 Å². The van der Waals surface area contributed by atoms with Crippen LogP contribution in [0.2, 0.25) is 0 Å². The number of aromatic nitrogens is 1. The Morgan fingerprint density at radius 1 is 1.17 bits per heavy atom. The summed E-state index contributed by atoms with van der Waals surface area (Å²) in [5, 5.41) is 3.16. The van der Waals surface area contributed by atoms with Gasteiger partial charge in [0.1, 0.15) is 17.7 Å². The van der Waals surface area contributed by atoms with Crippen molar-refractivity contribution >= 4 is 23.4 Å². The summed E-state index contributed by atoms with van der Waals surface area (Å²) in [7, 11) is 1.59. The molecule has 1 heterocycles. The van der Waals surface area contributed by atoms with Crippen LogP contribution in [-0.2, 0) is 16.1 Å². The van der Waals surface area contributed by atoms with Crippen LogP contribution < -0.4 is 10.1 Å². The van der Waals surface area contributed by atoms with Gasteiger partial charge >= 0.3 is 0 Å². The molecule has 7 heteroatoms. The zero-order valence-corrected chi connectivity index (χ0v) is 18.0. The number of carbonyl (C=O) groups is 2. The van der Waals surface area contributed by atoms with Gasteiger partial charge in [-0.25, -0.2) is 0 Å². The lowest BCUT2D eigenvalue weighted by Crippen LogP contribution is -2.47. The minimum atomic E-state index is -0.800. The number of hydrogen-bond acceptors (Lipinski definition) is 4. The molecule has 1 aromatic carbocycles. The highest BCUT2D eigenvalue weighted by molar-refractivity contribution is 6.27. The molecule has 1 N–H and O–H groups in total. The lowest BCUT2D eigenvalue weighted by atomic mass is 9.94. The van der Waals surface area contributed by atoms with Gasteiger partial charge in [-0.05, 0) is 36.6 Å². The quantitative estimate of drug-likeness (QED) is 0.647. The molecule has 0 bridgehead atoms. The number of amides is 2. The predicted octanol–water partition coefficient (Wildman–Crippen LogP) is 3.85. The normalized spacial score (nSPS) is 15.3. The fraction of sp³-hybridized carbons (Fsp3) is 0.435. The maximum absolute atomic E-state index is 13.4. The minimum absolute atomic E-state index is 0.134. The first kappa shape index (κ1) is 22.1. The van der Waals surface area contributed by atoms with Gasteiger partial charge in [-0.15, -0.1) is 11.6 Å². The third-order valence-electron chi connectivity index (χ3n) is 5.50. The summed E-state index contributed by atoms with van der Waals surface area (Å²) in [6.07, 6.45) is 8.60. The van der Waals surface area contributed by atoms with E-state index >= 15 is 0 Å². The number of para-hydroxylation sites is 1. The molecule has 6 nitrogen and oxygen atoms in total. The van der Waals surface area contributed by atoms with E-state index in [-0.39, 0.29) is 30.3 Å². The second-order valence-corrected chi connectivity index (χ2v) is 7.76. The number of methoxy groups -OCH3 is 1. The summed E-state index contributed by atoms with van der Waals surface area (Å²) in [5.41, 5.74) is 1.51. The standard InChI is InChI=1S/C23H28ClN3O3/c1-30-20-10-6-5-7-18(20)16-27(21(28)15-24)22(17-11-13-25-14-12-17)23(29)26-19-8-3-2-4-9-19/h5-7,10-14,19,22H,2-4,8-9,15-16H2,1H3,(H,26,29)/t22-/m1/s1. The van der Waals surface area contributed by atoms with E-state index in [2.05, 4.69) is 10.3 Å². The monoisotopic (exact) mass is 429 g/mol. The number of carbonyl (C=O) groups excluding carboxylic acids is 2. The number of nitrogens with zero attached hydrogens (tertiary/aromatic N) is 2. The molecule has 0 spiro atoms. The van der Waals surface area contributed by atoms with Gasteiger partial charge in [-0.2, -0.15) is 0 Å². The third kappa shape index (κ3) is 5.51. The molecule has 0 aliphatic heterocycles. The van der Waals surface area contributed by atoms with Crippen LogP contribution in [0.25, 0.3) is 0 Å². The lowest BCUT2D eigenvalue weighted by molar-refractivity contribution is -0.140. The number of alkyl halides is 1. The number of nitrogens with one attached hydrogen (secondary N) is 1. The Hall–Kier alpha value is -2.60. The van der Waals surface area contributed by atoms with Crippen molar-refractivity contribution in [3.63, 3.8) is 0 Å². The van der Waals surface area contributed by atoms with Crippen molar-refractivity contribution in [1.82, 2.24) is 15.2 Å². The second kappa shape index (κ2) is 11.0. The first-order valence-corrected chi connectivity index (χ1v) is 10.8. The SMILES string of the molecule is COc1ccccc1CN(C(=O)CCl)[C@@H](C(=O)NC1CCCCC1)c1ccncc1. The predicted molar refractivity (Wildman–Crippen MR) is 116 cm³/mol. The first-order valence-electron chi connectivity index (χ1n) is 10.3. The summed E-state index contributed by atoms with van der Waals surface area (Å²) in [5.74, 6) is -0.0661. The second-order valence-electron chi connectivity index (χ2n) is 7.49. The van der Waals surface area contributed by atoms with E-state index in [4.69, 9.17) is 16.3 Å². The fourth-order valence-electron chi connectivity index (χ4n) is 3.96. The average molecular weight is 430 g/mol. The van der Waals surface area contributed by atoms with Crippen LogP contribution in [0.15, 0.2) is 48.8 Å². The minimum Gasteiger partial charge on any atom is -0.496 e. The third-order valence-corrected chi connectivity index (χ3v) is 5.73. The van der Waals surface area contributed by atoms with E-state index in [0.717, 1.165) is 31.2 Å². The number of hydrogen-bond donors (Lipinski definition) is 1. The lowest BCUT2D eigenvalue weighted by Gasteiger charge is -2.33. The van der Waals surface area contributed by atoms with Crippen molar-refractivity contribution in [1.29, 1.82) is 0 Å². The van der Waals surface area contributed by atoms with E-state index < -0.39 is 6.04 Å². The van der Waals surface area contributed by atoms with Crippen LogP contribution in [0, 0.1) is 0 Å². The highest BCUT2D eigenvalue weighted by Crippen LogP contribution is 2.28. The van der Waals surface area contributed by atoms with Gasteiger partial charge < -0.3 is 15.0 Å². The van der Waals surface area contributed by atoms with Gasteiger partial charge in [-0.1, -0.05) is 37.5 Å². The van der Waals surface area contributed by atoms with E-state index in [9.17, 15) is 9.59 Å². The number of rotatable bonds is 8. The van der Waals surface area contributed by atoms with Gasteiger partial charge in [0, 0.05) is 24.0 Å². The molecule has 3 rings (SSSR count). The van der Waals surface area contributed by atoms with Crippen molar-refractivity contribution in [2.24, 2.45) is 0 Å². The number of pyridine rings is 1. The molecular formula is C23H28ClN3O3. The van der Waals surface area contributed by atoms with Crippen LogP contribution in [0.3, 0.4) is 0 Å². The van der Waals surface area contributed by atoms with Crippen LogP contribution in [0.1, 0.15) is 49.3 Å². The van der Waals surface area contributed by atoms with Crippen LogP contribution in [-0.4, -0.2) is 40.7 Å². The maximum Gasteiger partial charge on any atom is 0.247 e. The van der Waals surface area contributed by atoms with Crippen LogP contribution in [0.5, 0.6) is 5.75 Å².